The molecule has 2 unspecified atom stereocenters. The fraction of sp³-hybridized carbons (Fsp3) is 0.619. The quantitative estimate of drug-likeness (QED) is 0.646. The van der Waals surface area contributed by atoms with Crippen LogP contribution in [0.2, 0.25) is 0 Å². The van der Waals surface area contributed by atoms with Crippen molar-refractivity contribution < 1.29 is 28.5 Å². The number of methoxy groups -OCH3 is 2. The first-order valence-electron chi connectivity index (χ1n) is 10.0. The molecule has 0 radical (unpaired) electrons. The summed E-state index contributed by atoms with van der Waals surface area (Å²) in [5, 5.41) is 0. The Kier molecular flexibility index (Phi) is 7.85. The summed E-state index contributed by atoms with van der Waals surface area (Å²) in [6.45, 7) is 3.13. The lowest BCUT2D eigenvalue weighted by atomic mass is 10.1. The molecule has 2 saturated heterocycles. The van der Waals surface area contributed by atoms with Crippen LogP contribution in [0, 0.1) is 0 Å². The van der Waals surface area contributed by atoms with Crippen molar-refractivity contribution in [1.82, 2.24) is 9.80 Å². The molecular weight excluding hydrogens is 376 g/mol. The second kappa shape index (κ2) is 10.6. The maximum absolute atomic E-state index is 13.2. The Hall–Kier alpha value is -2.16. The number of ether oxygens (including phenoxy) is 4. The van der Waals surface area contributed by atoms with Gasteiger partial charge in [-0.2, -0.15) is 0 Å². The molecule has 2 aliphatic heterocycles. The number of hydrogen-bond acceptors (Lipinski definition) is 6. The number of nitrogens with zero attached hydrogens (tertiary/aromatic N) is 2. The van der Waals surface area contributed by atoms with Gasteiger partial charge in [0.1, 0.15) is 12.4 Å². The first-order chi connectivity index (χ1) is 14.1. The van der Waals surface area contributed by atoms with Crippen molar-refractivity contribution in [1.29, 1.82) is 0 Å². The lowest BCUT2D eigenvalue weighted by Gasteiger charge is -2.36. The molecule has 0 saturated carbocycles. The second-order valence-corrected chi connectivity index (χ2v) is 7.34. The number of carbonyl (C=O) groups excluding carboxylic acids is 2. The van der Waals surface area contributed by atoms with Crippen molar-refractivity contribution >= 4 is 11.8 Å². The van der Waals surface area contributed by atoms with Gasteiger partial charge in [0.15, 0.2) is 0 Å². The SMILES string of the molecule is COCC(=O)N1CCOC(CN(CC2CCCO2)C(=O)c2ccc(OC)cc2)C1. The molecule has 0 N–H and O–H groups in total. The Morgan fingerprint density at radius 3 is 2.48 bits per heavy atom. The fourth-order valence-electron chi connectivity index (χ4n) is 3.71. The van der Waals surface area contributed by atoms with E-state index in [4.69, 9.17) is 18.9 Å². The third-order valence-corrected chi connectivity index (χ3v) is 5.26. The highest BCUT2D eigenvalue weighted by atomic mass is 16.5. The Balaban J connectivity index is 1.68. The van der Waals surface area contributed by atoms with Gasteiger partial charge in [-0.15, -0.1) is 0 Å². The molecular formula is C21H30N2O6. The van der Waals surface area contributed by atoms with E-state index in [1.165, 1.54) is 7.11 Å². The Bertz CT molecular complexity index is 674. The van der Waals surface area contributed by atoms with E-state index in [9.17, 15) is 9.59 Å². The standard InChI is InChI=1S/C21H30N2O6/c1-26-15-20(24)22-9-11-29-19(13-22)14-23(12-18-4-3-10-28-18)21(25)16-5-7-17(27-2)8-6-16/h5-8,18-19H,3-4,9-15H2,1-2H3. The van der Waals surface area contributed by atoms with E-state index in [0.29, 0.717) is 44.1 Å². The van der Waals surface area contributed by atoms with E-state index in [1.54, 1.807) is 41.2 Å². The second-order valence-electron chi connectivity index (χ2n) is 7.34. The molecule has 2 atom stereocenters. The van der Waals surface area contributed by atoms with E-state index in [2.05, 4.69) is 0 Å². The van der Waals surface area contributed by atoms with Crippen molar-refractivity contribution in [2.24, 2.45) is 0 Å². The minimum Gasteiger partial charge on any atom is -0.497 e. The van der Waals surface area contributed by atoms with Crippen molar-refractivity contribution in [2.45, 2.75) is 25.0 Å². The van der Waals surface area contributed by atoms with Gasteiger partial charge in [-0.3, -0.25) is 9.59 Å². The zero-order chi connectivity index (χ0) is 20.6. The van der Waals surface area contributed by atoms with Crippen molar-refractivity contribution in [3.63, 3.8) is 0 Å². The predicted octanol–water partition coefficient (Wildman–Crippen LogP) is 1.19. The average molecular weight is 406 g/mol. The summed E-state index contributed by atoms with van der Waals surface area (Å²) in [4.78, 5) is 28.9. The largest absolute Gasteiger partial charge is 0.497 e. The van der Waals surface area contributed by atoms with Crippen LogP contribution < -0.4 is 4.74 Å². The number of morpholine rings is 1. The van der Waals surface area contributed by atoms with Crippen molar-refractivity contribution in [3.8, 4) is 5.75 Å². The van der Waals surface area contributed by atoms with Gasteiger partial charge in [0.05, 0.1) is 25.9 Å². The molecule has 2 amide bonds. The Morgan fingerprint density at radius 2 is 1.83 bits per heavy atom. The van der Waals surface area contributed by atoms with Gasteiger partial charge < -0.3 is 28.7 Å². The van der Waals surface area contributed by atoms with Gasteiger partial charge in [-0.1, -0.05) is 0 Å². The van der Waals surface area contributed by atoms with E-state index in [1.807, 2.05) is 0 Å². The highest BCUT2D eigenvalue weighted by Crippen LogP contribution is 2.18. The third-order valence-electron chi connectivity index (χ3n) is 5.26. The lowest BCUT2D eigenvalue weighted by molar-refractivity contribution is -0.143. The minimum atomic E-state index is -0.242. The number of rotatable bonds is 8. The highest BCUT2D eigenvalue weighted by Gasteiger charge is 2.30. The summed E-state index contributed by atoms with van der Waals surface area (Å²) in [5.41, 5.74) is 0.590. The normalized spacial score (nSPS) is 21.8. The van der Waals surface area contributed by atoms with Crippen LogP contribution in [-0.4, -0.2) is 94.0 Å². The van der Waals surface area contributed by atoms with E-state index in [-0.39, 0.29) is 30.6 Å². The number of amides is 2. The molecule has 29 heavy (non-hydrogen) atoms. The minimum absolute atomic E-state index is 0.0343. The van der Waals surface area contributed by atoms with E-state index < -0.39 is 0 Å². The number of hydrogen-bond donors (Lipinski definition) is 0. The smallest absolute Gasteiger partial charge is 0.254 e. The fourth-order valence-corrected chi connectivity index (χ4v) is 3.71. The van der Waals surface area contributed by atoms with Crippen LogP contribution in [0.5, 0.6) is 5.75 Å². The van der Waals surface area contributed by atoms with Crippen LogP contribution in [0.1, 0.15) is 23.2 Å². The molecule has 2 heterocycles. The molecule has 0 spiro atoms. The topological polar surface area (TPSA) is 77.5 Å². The average Bonchev–Trinajstić information content (AvgIpc) is 3.26. The first-order valence-corrected chi connectivity index (χ1v) is 10.0. The van der Waals surface area contributed by atoms with Crippen LogP contribution in [0.4, 0.5) is 0 Å². The Morgan fingerprint density at radius 1 is 1.10 bits per heavy atom. The maximum atomic E-state index is 13.2. The molecule has 8 nitrogen and oxygen atoms in total. The van der Waals surface area contributed by atoms with Crippen LogP contribution in [-0.2, 0) is 19.0 Å². The summed E-state index contributed by atoms with van der Waals surface area (Å²) in [5.74, 6) is 0.565. The number of carbonyl (C=O) groups is 2. The third kappa shape index (κ3) is 5.91. The van der Waals surface area contributed by atoms with Gasteiger partial charge in [-0.05, 0) is 37.1 Å². The zero-order valence-corrected chi connectivity index (χ0v) is 17.2. The molecule has 160 valence electrons. The van der Waals surface area contributed by atoms with Gasteiger partial charge in [0, 0.05) is 45.5 Å². The molecule has 1 aromatic carbocycles. The first kappa shape index (κ1) is 21.5. The Labute approximate surface area is 171 Å². The molecule has 0 aliphatic carbocycles. The molecule has 0 aromatic heterocycles. The molecule has 1 aromatic rings. The molecule has 0 bridgehead atoms. The number of benzene rings is 1. The maximum Gasteiger partial charge on any atom is 0.254 e. The van der Waals surface area contributed by atoms with Gasteiger partial charge in [0.25, 0.3) is 5.91 Å². The van der Waals surface area contributed by atoms with Gasteiger partial charge in [0.2, 0.25) is 5.91 Å². The zero-order valence-electron chi connectivity index (χ0n) is 17.2. The van der Waals surface area contributed by atoms with Crippen molar-refractivity contribution in [2.75, 3.05) is 60.2 Å². The highest BCUT2D eigenvalue weighted by molar-refractivity contribution is 5.94. The summed E-state index contributed by atoms with van der Waals surface area (Å²) >= 11 is 0. The molecule has 2 aliphatic rings. The summed E-state index contributed by atoms with van der Waals surface area (Å²) < 4.78 is 21.7. The van der Waals surface area contributed by atoms with Crippen molar-refractivity contribution in [3.05, 3.63) is 29.8 Å². The summed E-state index contributed by atoms with van der Waals surface area (Å²) in [7, 11) is 3.10. The van der Waals surface area contributed by atoms with Crippen LogP contribution in [0.25, 0.3) is 0 Å². The van der Waals surface area contributed by atoms with Gasteiger partial charge in [-0.25, -0.2) is 0 Å². The summed E-state index contributed by atoms with van der Waals surface area (Å²) in [6.07, 6.45) is 1.74. The van der Waals surface area contributed by atoms with E-state index in [0.717, 1.165) is 19.4 Å². The molecule has 8 heteroatoms. The molecule has 2 fully saturated rings. The molecule has 3 rings (SSSR count). The summed E-state index contributed by atoms with van der Waals surface area (Å²) in [6, 6.07) is 7.08. The van der Waals surface area contributed by atoms with Gasteiger partial charge >= 0.3 is 0 Å². The monoisotopic (exact) mass is 406 g/mol. The van der Waals surface area contributed by atoms with E-state index >= 15 is 0 Å². The lowest BCUT2D eigenvalue weighted by Crippen LogP contribution is -2.52. The van der Waals surface area contributed by atoms with Crippen LogP contribution >= 0.6 is 0 Å². The van der Waals surface area contributed by atoms with Crippen LogP contribution in [0.15, 0.2) is 24.3 Å². The predicted molar refractivity (Wildman–Crippen MR) is 106 cm³/mol. The van der Waals surface area contributed by atoms with Crippen LogP contribution in [0.3, 0.4) is 0 Å².